The normalized spacial score (nSPS) is 15.9. The van der Waals surface area contributed by atoms with E-state index < -0.39 is 39.1 Å². The second kappa shape index (κ2) is 8.73. The number of rotatable bonds is 4. The van der Waals surface area contributed by atoms with Gasteiger partial charge in [-0.15, -0.1) is 0 Å². The summed E-state index contributed by atoms with van der Waals surface area (Å²) in [5.41, 5.74) is -2.43. The number of hydrogen-bond acceptors (Lipinski definition) is 7. The molecule has 0 saturated carbocycles. The number of para-hydroxylation sites is 1. The van der Waals surface area contributed by atoms with E-state index in [0.29, 0.717) is 10.1 Å². The van der Waals surface area contributed by atoms with Crippen LogP contribution in [0.2, 0.25) is 0 Å². The smallest absolute Gasteiger partial charge is 0.418 e. The summed E-state index contributed by atoms with van der Waals surface area (Å²) in [5, 5.41) is 0. The number of alkyl halides is 3. The van der Waals surface area contributed by atoms with Gasteiger partial charge in [-0.3, -0.25) is 0 Å². The number of hydrogen-bond donors (Lipinski definition) is 0. The average molecular weight is 533 g/mol. The number of esters is 1. The van der Waals surface area contributed by atoms with E-state index in [4.69, 9.17) is 18.9 Å². The Hall–Kier alpha value is -4.19. The topological polar surface area (TPSA) is 91.4 Å². The third-order valence-corrected chi connectivity index (χ3v) is 7.66. The molecule has 2 heterocycles. The van der Waals surface area contributed by atoms with Gasteiger partial charge in [0.2, 0.25) is 6.79 Å². The van der Waals surface area contributed by atoms with Crippen molar-refractivity contribution in [1.82, 2.24) is 0 Å². The monoisotopic (exact) mass is 533 g/mol. The van der Waals surface area contributed by atoms with Gasteiger partial charge in [-0.1, -0.05) is 30.3 Å². The van der Waals surface area contributed by atoms with Crippen molar-refractivity contribution in [3.05, 3.63) is 83.1 Å². The van der Waals surface area contributed by atoms with Crippen LogP contribution >= 0.6 is 0 Å². The lowest BCUT2D eigenvalue weighted by Crippen LogP contribution is -2.39. The van der Waals surface area contributed by atoms with Gasteiger partial charge in [0.05, 0.1) is 30.4 Å². The van der Waals surface area contributed by atoms with E-state index in [9.17, 15) is 26.4 Å². The summed E-state index contributed by atoms with van der Waals surface area (Å²) in [6, 6.07) is 12.7. The number of sulfonamides is 1. The summed E-state index contributed by atoms with van der Waals surface area (Å²) in [6.45, 7) is -0.0824. The lowest BCUT2D eigenvalue weighted by molar-refractivity contribution is -0.138. The molecular weight excluding hydrogens is 515 g/mol. The minimum absolute atomic E-state index is 0.0237. The Bertz CT molecular complexity index is 1560. The molecule has 12 heteroatoms. The summed E-state index contributed by atoms with van der Waals surface area (Å²) < 4.78 is 91.5. The van der Waals surface area contributed by atoms with E-state index in [1.54, 1.807) is 6.07 Å². The number of benzene rings is 3. The fraction of sp³-hybridized carbons (Fsp3) is 0.160. The van der Waals surface area contributed by atoms with Crippen molar-refractivity contribution in [3.63, 3.8) is 0 Å². The third kappa shape index (κ3) is 3.84. The van der Waals surface area contributed by atoms with Crippen LogP contribution in [0.1, 0.15) is 16.7 Å². The predicted molar refractivity (Wildman–Crippen MR) is 125 cm³/mol. The Kier molecular flexibility index (Phi) is 5.78. The van der Waals surface area contributed by atoms with Crippen molar-refractivity contribution in [2.75, 3.05) is 25.3 Å². The highest BCUT2D eigenvalue weighted by molar-refractivity contribution is 7.93. The Balaban J connectivity index is 1.95. The number of carbonyl (C=O) groups is 1. The minimum atomic E-state index is -4.93. The third-order valence-electron chi connectivity index (χ3n) is 5.89. The zero-order chi connectivity index (χ0) is 26.5. The number of fused-ring (bicyclic) bond motifs is 2. The molecule has 3 aromatic rings. The first-order chi connectivity index (χ1) is 17.6. The summed E-state index contributed by atoms with van der Waals surface area (Å²) in [7, 11) is -2.36. The van der Waals surface area contributed by atoms with Crippen molar-refractivity contribution >= 4 is 27.3 Å². The van der Waals surface area contributed by atoms with E-state index in [2.05, 4.69) is 0 Å². The highest BCUT2D eigenvalue weighted by Crippen LogP contribution is 2.50. The van der Waals surface area contributed by atoms with Gasteiger partial charge in [0.15, 0.2) is 17.2 Å². The van der Waals surface area contributed by atoms with Crippen LogP contribution in [-0.2, 0) is 25.7 Å². The van der Waals surface area contributed by atoms with Gasteiger partial charge in [-0.25, -0.2) is 17.5 Å². The quantitative estimate of drug-likeness (QED) is 0.454. The van der Waals surface area contributed by atoms with Gasteiger partial charge in [-0.05, 0) is 24.3 Å². The van der Waals surface area contributed by atoms with Gasteiger partial charge in [-0.2, -0.15) is 13.2 Å². The molecule has 0 radical (unpaired) electrons. The Labute approximate surface area is 209 Å². The molecule has 0 unspecified atom stereocenters. The number of halogens is 3. The van der Waals surface area contributed by atoms with E-state index in [0.717, 1.165) is 25.3 Å². The van der Waals surface area contributed by atoms with Gasteiger partial charge in [0.1, 0.15) is 5.75 Å². The zero-order valence-corrected chi connectivity index (χ0v) is 20.1. The molecule has 0 aromatic heterocycles. The van der Waals surface area contributed by atoms with E-state index in [-0.39, 0.29) is 39.9 Å². The molecule has 5 rings (SSSR count). The van der Waals surface area contributed by atoms with E-state index in [1.165, 1.54) is 43.5 Å². The maximum Gasteiger partial charge on any atom is 0.418 e. The maximum atomic E-state index is 14.0. The number of nitrogens with zero attached hydrogens (tertiary/aromatic N) is 1. The fourth-order valence-corrected chi connectivity index (χ4v) is 6.05. The molecule has 37 heavy (non-hydrogen) atoms. The second-order valence-electron chi connectivity index (χ2n) is 7.90. The molecule has 0 amide bonds. The highest BCUT2D eigenvalue weighted by Gasteiger charge is 2.46. The number of ether oxygens (including phenoxy) is 4. The average Bonchev–Trinajstić information content (AvgIpc) is 3.34. The molecule has 0 N–H and O–H groups in total. The fourth-order valence-electron chi connectivity index (χ4n) is 4.33. The van der Waals surface area contributed by atoms with Crippen molar-refractivity contribution in [3.8, 4) is 17.2 Å². The lowest BCUT2D eigenvalue weighted by Gasteiger charge is -2.34. The Morgan fingerprint density at radius 2 is 1.59 bits per heavy atom. The Morgan fingerprint density at radius 1 is 0.946 bits per heavy atom. The van der Waals surface area contributed by atoms with Crippen LogP contribution in [0, 0.1) is 0 Å². The molecule has 0 atom stereocenters. The van der Waals surface area contributed by atoms with E-state index >= 15 is 0 Å². The van der Waals surface area contributed by atoms with Crippen LogP contribution in [-0.4, -0.2) is 35.4 Å². The lowest BCUT2D eigenvalue weighted by atomic mass is 9.93. The first kappa shape index (κ1) is 24.5. The van der Waals surface area contributed by atoms with Gasteiger partial charge in [0.25, 0.3) is 10.0 Å². The van der Waals surface area contributed by atoms with Crippen LogP contribution in [0.4, 0.5) is 18.9 Å². The molecule has 0 bridgehead atoms. The predicted octanol–water partition coefficient (Wildman–Crippen LogP) is 4.58. The van der Waals surface area contributed by atoms with Crippen molar-refractivity contribution in [2.24, 2.45) is 0 Å². The van der Waals surface area contributed by atoms with Gasteiger partial charge in [0, 0.05) is 22.8 Å². The number of carbonyl (C=O) groups excluding carboxylic acids is 1. The molecule has 8 nitrogen and oxygen atoms in total. The molecule has 0 fully saturated rings. The molecule has 2 aliphatic heterocycles. The van der Waals surface area contributed by atoms with Crippen LogP contribution in [0.5, 0.6) is 17.2 Å². The molecule has 0 saturated heterocycles. The van der Waals surface area contributed by atoms with Crippen LogP contribution < -0.4 is 18.5 Å². The van der Waals surface area contributed by atoms with Gasteiger partial charge >= 0.3 is 12.1 Å². The first-order valence-electron chi connectivity index (χ1n) is 10.7. The second-order valence-corrected chi connectivity index (χ2v) is 9.66. The van der Waals surface area contributed by atoms with Crippen molar-refractivity contribution < 1.29 is 45.3 Å². The molecule has 0 aliphatic carbocycles. The van der Waals surface area contributed by atoms with Crippen molar-refractivity contribution in [2.45, 2.75) is 11.1 Å². The highest BCUT2D eigenvalue weighted by atomic mass is 32.2. The van der Waals surface area contributed by atoms with Crippen LogP contribution in [0.25, 0.3) is 5.57 Å². The van der Waals surface area contributed by atoms with Gasteiger partial charge < -0.3 is 18.9 Å². The summed E-state index contributed by atoms with van der Waals surface area (Å²) in [5.74, 6) is -0.388. The van der Waals surface area contributed by atoms with E-state index in [1.807, 2.05) is 0 Å². The molecule has 192 valence electrons. The number of anilines is 1. The van der Waals surface area contributed by atoms with Crippen LogP contribution in [0.3, 0.4) is 0 Å². The Morgan fingerprint density at radius 3 is 2.27 bits per heavy atom. The molecule has 3 aromatic carbocycles. The standard InChI is InChI=1S/C25H18F3NO7S/c1-33-18-12-20-19(35-13-36-20)11-15(18)22-14-7-3-6-10-21(14)37(31,32)29(23(22)24(30)34-2)17-9-5-4-8-16(17)25(26,27)28/h3-12H,13H2,1-2H3. The number of methoxy groups -OCH3 is 2. The first-order valence-corrected chi connectivity index (χ1v) is 12.1. The van der Waals surface area contributed by atoms with Crippen LogP contribution in [0.15, 0.2) is 71.3 Å². The summed E-state index contributed by atoms with van der Waals surface area (Å²) in [6.07, 6.45) is -4.93. The molecular formula is C25H18F3NO7S. The largest absolute Gasteiger partial charge is 0.496 e. The molecule has 2 aliphatic rings. The summed E-state index contributed by atoms with van der Waals surface area (Å²) in [4.78, 5) is 13.0. The zero-order valence-electron chi connectivity index (χ0n) is 19.3. The minimum Gasteiger partial charge on any atom is -0.496 e. The SMILES string of the molecule is COC(=O)C1=C(c2cc3c(cc2OC)OCO3)c2ccccc2S(=O)(=O)N1c1ccccc1C(F)(F)F. The summed E-state index contributed by atoms with van der Waals surface area (Å²) >= 11 is 0. The van der Waals surface area contributed by atoms with Crippen molar-refractivity contribution in [1.29, 1.82) is 0 Å². The molecule has 0 spiro atoms. The maximum absolute atomic E-state index is 14.0.